The second kappa shape index (κ2) is 12.7. The van der Waals surface area contributed by atoms with Crippen LogP contribution < -0.4 is 10.0 Å². The number of sulfonamides is 1. The van der Waals surface area contributed by atoms with Crippen LogP contribution in [0, 0.1) is 5.92 Å². The molecular formula is C30H34ClN3O6S2. The number of fused-ring (bicyclic) bond motifs is 1. The number of hydrogen-bond donors (Lipinski definition) is 2. The van der Waals surface area contributed by atoms with Crippen molar-refractivity contribution in [2.45, 2.75) is 63.2 Å². The first kappa shape index (κ1) is 30.5. The zero-order valence-electron chi connectivity index (χ0n) is 23.4. The molecule has 42 heavy (non-hydrogen) atoms. The predicted octanol–water partition coefficient (Wildman–Crippen LogP) is 4.32. The Morgan fingerprint density at radius 1 is 1.14 bits per heavy atom. The normalized spacial score (nSPS) is 25.6. The standard InChI is InChI=1S/C30H34ClN3O6S2/c1-3-40-30(37)25-15-14-20(41-25)17-32-28(35)26-21-8-4-5-9-22(21)29(36)34(27(26)18-12-13-19(31)16-18)24-11-7-6-10-23(24)33-42(2,38)39/h4-5,8-9,12-16,18,23-24,26-27,33H,3,6-7,10-11,17H2,1-2H3,(H,32,35)/t18?,23-,24-,26+,27?/m0/s1. The molecule has 2 aromatic rings. The van der Waals surface area contributed by atoms with E-state index in [1.165, 1.54) is 11.3 Å². The first-order valence-corrected chi connectivity index (χ1v) is 17.1. The van der Waals surface area contributed by atoms with Gasteiger partial charge in [0.05, 0.1) is 31.4 Å². The fourth-order valence-electron chi connectivity index (χ4n) is 6.29. The summed E-state index contributed by atoms with van der Waals surface area (Å²) in [5, 5.41) is 3.56. The highest BCUT2D eigenvalue weighted by molar-refractivity contribution is 7.88. The first-order valence-electron chi connectivity index (χ1n) is 14.1. The fraction of sp³-hybridized carbons (Fsp3) is 0.433. The van der Waals surface area contributed by atoms with Crippen molar-refractivity contribution < 1.29 is 27.5 Å². The van der Waals surface area contributed by atoms with Gasteiger partial charge in [-0.1, -0.05) is 54.8 Å². The summed E-state index contributed by atoms with van der Waals surface area (Å²) in [5.74, 6) is -2.02. The number of nitrogens with zero attached hydrogens (tertiary/aromatic N) is 1. The molecular weight excluding hydrogens is 598 g/mol. The second-order valence-electron chi connectivity index (χ2n) is 10.8. The zero-order chi connectivity index (χ0) is 30.0. The number of benzene rings is 1. The highest BCUT2D eigenvalue weighted by Crippen LogP contribution is 2.43. The van der Waals surface area contributed by atoms with Crippen molar-refractivity contribution in [2.24, 2.45) is 5.92 Å². The van der Waals surface area contributed by atoms with Gasteiger partial charge in [0.1, 0.15) is 4.88 Å². The van der Waals surface area contributed by atoms with E-state index < -0.39 is 40.0 Å². The lowest BCUT2D eigenvalue weighted by molar-refractivity contribution is -0.125. The summed E-state index contributed by atoms with van der Waals surface area (Å²) in [6, 6.07) is 9.02. The van der Waals surface area contributed by atoms with E-state index in [2.05, 4.69) is 10.0 Å². The monoisotopic (exact) mass is 631 g/mol. The van der Waals surface area contributed by atoms with E-state index in [1.807, 2.05) is 24.3 Å². The number of amides is 2. The highest BCUT2D eigenvalue weighted by atomic mass is 35.5. The summed E-state index contributed by atoms with van der Waals surface area (Å²) < 4.78 is 32.5. The molecule has 1 saturated carbocycles. The number of carbonyl (C=O) groups excluding carboxylic acids is 3. The summed E-state index contributed by atoms with van der Waals surface area (Å²) in [6.07, 6.45) is 9.48. The Labute approximate surface area is 255 Å². The lowest BCUT2D eigenvalue weighted by Crippen LogP contribution is -2.63. The lowest BCUT2D eigenvalue weighted by atomic mass is 9.74. The van der Waals surface area contributed by atoms with Crippen molar-refractivity contribution in [3.05, 3.63) is 80.5 Å². The molecule has 224 valence electrons. The van der Waals surface area contributed by atoms with Crippen LogP contribution in [-0.2, 0) is 26.1 Å². The van der Waals surface area contributed by atoms with Crippen LogP contribution >= 0.6 is 22.9 Å². The van der Waals surface area contributed by atoms with Gasteiger partial charge in [0, 0.05) is 33.5 Å². The minimum Gasteiger partial charge on any atom is -0.462 e. The maximum absolute atomic E-state index is 14.2. The van der Waals surface area contributed by atoms with Gasteiger partial charge in [-0.3, -0.25) is 9.59 Å². The largest absolute Gasteiger partial charge is 0.462 e. The number of rotatable bonds is 9. The molecule has 0 spiro atoms. The average Bonchev–Trinajstić information content (AvgIpc) is 3.61. The zero-order valence-corrected chi connectivity index (χ0v) is 25.8. The number of esters is 1. The number of carbonyl (C=O) groups is 3. The molecule has 2 unspecified atom stereocenters. The van der Waals surface area contributed by atoms with Gasteiger partial charge < -0.3 is 15.0 Å². The minimum absolute atomic E-state index is 0.195. The summed E-state index contributed by atoms with van der Waals surface area (Å²) in [4.78, 5) is 43.5. The third-order valence-electron chi connectivity index (χ3n) is 7.96. The van der Waals surface area contributed by atoms with Crippen molar-refractivity contribution >= 4 is 50.7 Å². The van der Waals surface area contributed by atoms with Crippen LogP contribution in [0.3, 0.4) is 0 Å². The fourth-order valence-corrected chi connectivity index (χ4v) is 8.18. The summed E-state index contributed by atoms with van der Waals surface area (Å²) in [7, 11) is -3.54. The van der Waals surface area contributed by atoms with E-state index in [0.717, 1.165) is 24.0 Å². The molecule has 0 saturated heterocycles. The van der Waals surface area contributed by atoms with E-state index in [4.69, 9.17) is 16.3 Å². The van der Waals surface area contributed by atoms with E-state index in [9.17, 15) is 22.8 Å². The summed E-state index contributed by atoms with van der Waals surface area (Å²) in [5.41, 5.74) is 1.04. The molecule has 2 aliphatic carbocycles. The van der Waals surface area contributed by atoms with Crippen LogP contribution in [0.4, 0.5) is 0 Å². The lowest BCUT2D eigenvalue weighted by Gasteiger charge is -2.50. The van der Waals surface area contributed by atoms with Crippen molar-refractivity contribution in [3.63, 3.8) is 0 Å². The van der Waals surface area contributed by atoms with Gasteiger partial charge in [-0.15, -0.1) is 11.3 Å². The summed E-state index contributed by atoms with van der Waals surface area (Å²) >= 11 is 7.63. The Kier molecular flexibility index (Phi) is 9.22. The summed E-state index contributed by atoms with van der Waals surface area (Å²) in [6.45, 7) is 2.21. The molecule has 3 aliphatic rings. The average molecular weight is 632 g/mol. The number of allylic oxidation sites excluding steroid dienone is 2. The third-order valence-corrected chi connectivity index (χ3v) is 10.0. The number of ether oxygens (including phenoxy) is 1. The van der Waals surface area contributed by atoms with Gasteiger partial charge in [0.15, 0.2) is 0 Å². The van der Waals surface area contributed by atoms with E-state index >= 15 is 0 Å². The van der Waals surface area contributed by atoms with E-state index in [1.54, 1.807) is 42.2 Å². The Balaban J connectivity index is 1.52. The molecule has 1 fully saturated rings. The molecule has 12 heteroatoms. The molecule has 2 N–H and O–H groups in total. The van der Waals surface area contributed by atoms with Crippen LogP contribution in [0.1, 0.15) is 69.0 Å². The van der Waals surface area contributed by atoms with Crippen molar-refractivity contribution in [1.82, 2.24) is 14.9 Å². The third kappa shape index (κ3) is 6.49. The molecule has 1 aromatic carbocycles. The Hall–Kier alpha value is -2.99. The quantitative estimate of drug-likeness (QED) is 0.398. The Bertz CT molecular complexity index is 1530. The molecule has 2 amide bonds. The number of halogens is 1. The Morgan fingerprint density at radius 2 is 1.90 bits per heavy atom. The van der Waals surface area contributed by atoms with Crippen LogP contribution in [0.2, 0.25) is 0 Å². The molecule has 9 nitrogen and oxygen atoms in total. The number of hydrogen-bond acceptors (Lipinski definition) is 7. The molecule has 5 atom stereocenters. The van der Waals surface area contributed by atoms with Crippen LogP contribution in [0.15, 0.2) is 59.7 Å². The van der Waals surface area contributed by atoms with Crippen LogP contribution in [0.25, 0.3) is 0 Å². The second-order valence-corrected chi connectivity index (χ2v) is 14.2. The first-order chi connectivity index (χ1) is 20.1. The number of thiophene rings is 1. The van der Waals surface area contributed by atoms with Gasteiger partial charge in [-0.05, 0) is 49.6 Å². The number of nitrogens with one attached hydrogen (secondary N) is 2. The van der Waals surface area contributed by atoms with Crippen LogP contribution in [0.5, 0.6) is 0 Å². The minimum atomic E-state index is -3.54. The van der Waals surface area contributed by atoms with Gasteiger partial charge in [-0.25, -0.2) is 17.9 Å². The van der Waals surface area contributed by atoms with E-state index in [-0.39, 0.29) is 30.9 Å². The van der Waals surface area contributed by atoms with Crippen molar-refractivity contribution in [3.8, 4) is 0 Å². The highest BCUT2D eigenvalue weighted by Gasteiger charge is 2.50. The maximum Gasteiger partial charge on any atom is 0.348 e. The van der Waals surface area contributed by atoms with Gasteiger partial charge in [0.2, 0.25) is 15.9 Å². The predicted molar refractivity (Wildman–Crippen MR) is 162 cm³/mol. The van der Waals surface area contributed by atoms with Gasteiger partial charge >= 0.3 is 5.97 Å². The molecule has 2 heterocycles. The topological polar surface area (TPSA) is 122 Å². The molecule has 1 aromatic heterocycles. The molecule has 5 rings (SSSR count). The Morgan fingerprint density at radius 3 is 2.62 bits per heavy atom. The van der Waals surface area contributed by atoms with Crippen molar-refractivity contribution in [1.29, 1.82) is 0 Å². The van der Waals surface area contributed by atoms with E-state index in [0.29, 0.717) is 33.9 Å². The molecule has 0 radical (unpaired) electrons. The molecule has 0 bridgehead atoms. The van der Waals surface area contributed by atoms with Crippen LogP contribution in [-0.4, -0.2) is 62.1 Å². The SMILES string of the molecule is CCOC(=O)c1ccc(CNC(=O)[C@@H]2c3ccccc3C(=O)N([C@H]3CCCC[C@@H]3NS(C)(=O)=O)C2C2C=CC(Cl)=C2)s1. The maximum atomic E-state index is 14.2. The molecule has 1 aliphatic heterocycles. The smallest absolute Gasteiger partial charge is 0.348 e. The van der Waals surface area contributed by atoms with Gasteiger partial charge in [0.25, 0.3) is 5.91 Å². The van der Waals surface area contributed by atoms with Crippen molar-refractivity contribution in [2.75, 3.05) is 12.9 Å². The van der Waals surface area contributed by atoms with Gasteiger partial charge in [-0.2, -0.15) is 0 Å².